The average molecular weight is 638 g/mol. The Kier molecular flexibility index (Phi) is 8.97. The van der Waals surface area contributed by atoms with E-state index in [1.54, 1.807) is 83.9 Å². The van der Waals surface area contributed by atoms with Crippen molar-refractivity contribution in [3.63, 3.8) is 0 Å². The van der Waals surface area contributed by atoms with Crippen molar-refractivity contribution >= 4 is 34.4 Å². The number of carbonyl (C=O) groups is 3. The van der Waals surface area contributed by atoms with Crippen molar-refractivity contribution in [3.8, 4) is 11.1 Å². The summed E-state index contributed by atoms with van der Waals surface area (Å²) in [7, 11) is 0. The van der Waals surface area contributed by atoms with Gasteiger partial charge in [0.2, 0.25) is 0 Å². The maximum Gasteiger partial charge on any atom is 0.416 e. The number of alkyl halides is 3. The lowest BCUT2D eigenvalue weighted by molar-refractivity contribution is -0.137. The second kappa shape index (κ2) is 13.4. The minimum atomic E-state index is -4.46. The van der Waals surface area contributed by atoms with Crippen molar-refractivity contribution in [1.82, 2.24) is 20.2 Å². The van der Waals surface area contributed by atoms with Gasteiger partial charge in [0.05, 0.1) is 16.8 Å². The van der Waals surface area contributed by atoms with E-state index in [9.17, 15) is 27.6 Å². The van der Waals surface area contributed by atoms with Crippen molar-refractivity contribution < 1.29 is 27.6 Å². The minimum absolute atomic E-state index is 0.195. The third kappa shape index (κ3) is 7.14. The average Bonchev–Trinajstić information content (AvgIpc) is 3.10. The van der Waals surface area contributed by atoms with E-state index in [2.05, 4.69) is 20.6 Å². The predicted octanol–water partition coefficient (Wildman–Crippen LogP) is 7.05. The highest BCUT2D eigenvalue weighted by Crippen LogP contribution is 2.32. The predicted molar refractivity (Wildman–Crippen MR) is 171 cm³/mol. The first kappa shape index (κ1) is 31.4. The summed E-state index contributed by atoms with van der Waals surface area (Å²) in [6.07, 6.45) is 0.0246. The van der Waals surface area contributed by atoms with Gasteiger partial charge in [0.25, 0.3) is 17.7 Å². The molecule has 5 aromatic rings. The topological polar surface area (TPSA) is 104 Å². The molecule has 11 heteroatoms. The molecule has 1 fully saturated rings. The van der Waals surface area contributed by atoms with Gasteiger partial charge in [-0.3, -0.25) is 19.4 Å². The third-order valence-electron chi connectivity index (χ3n) is 8.06. The number of piperidine rings is 1. The molecule has 6 rings (SSSR count). The van der Waals surface area contributed by atoms with Gasteiger partial charge >= 0.3 is 6.18 Å². The van der Waals surface area contributed by atoms with Crippen LogP contribution in [0.15, 0.2) is 103 Å². The largest absolute Gasteiger partial charge is 0.416 e. The fourth-order valence-electron chi connectivity index (χ4n) is 5.61. The SMILES string of the molecule is O=C(N[C@H](C(=O)N1CCCCC1)c1ccccn1)c1ccc2nc(NC(=O)c3ccccc3-c3ccc(C(F)(F)F)cc3)ccc2c1. The van der Waals surface area contributed by atoms with Crippen molar-refractivity contribution in [2.45, 2.75) is 31.5 Å². The molecule has 238 valence electrons. The smallest absolute Gasteiger partial charge is 0.341 e. The molecule has 0 radical (unpaired) electrons. The zero-order valence-corrected chi connectivity index (χ0v) is 25.1. The normalized spacial score (nSPS) is 14.0. The van der Waals surface area contributed by atoms with Crippen LogP contribution in [0.25, 0.3) is 22.0 Å². The number of benzene rings is 3. The van der Waals surface area contributed by atoms with Crippen LogP contribution in [0.1, 0.15) is 57.3 Å². The molecule has 0 unspecified atom stereocenters. The molecule has 0 spiro atoms. The highest BCUT2D eigenvalue weighted by Gasteiger charge is 2.31. The number of halogens is 3. The van der Waals surface area contributed by atoms with E-state index >= 15 is 0 Å². The Labute approximate surface area is 268 Å². The van der Waals surface area contributed by atoms with E-state index in [0.29, 0.717) is 46.4 Å². The van der Waals surface area contributed by atoms with Crippen LogP contribution in [-0.2, 0) is 11.0 Å². The van der Waals surface area contributed by atoms with Gasteiger partial charge in [0.15, 0.2) is 6.04 Å². The summed E-state index contributed by atoms with van der Waals surface area (Å²) in [4.78, 5) is 50.8. The van der Waals surface area contributed by atoms with Crippen LogP contribution in [0, 0.1) is 0 Å². The lowest BCUT2D eigenvalue weighted by Crippen LogP contribution is -2.45. The Balaban J connectivity index is 1.19. The molecule has 2 aromatic heterocycles. The van der Waals surface area contributed by atoms with E-state index in [4.69, 9.17) is 0 Å². The quantitative estimate of drug-likeness (QED) is 0.199. The van der Waals surface area contributed by atoms with Crippen LogP contribution in [-0.4, -0.2) is 45.7 Å². The minimum Gasteiger partial charge on any atom is -0.341 e. The molecule has 3 amide bonds. The molecule has 1 aliphatic heterocycles. The number of pyridine rings is 2. The maximum atomic E-state index is 13.4. The van der Waals surface area contributed by atoms with Crippen LogP contribution in [0.5, 0.6) is 0 Å². The molecule has 1 saturated heterocycles. The second-order valence-electron chi connectivity index (χ2n) is 11.2. The summed E-state index contributed by atoms with van der Waals surface area (Å²) in [5.41, 5.74) is 1.72. The summed E-state index contributed by atoms with van der Waals surface area (Å²) in [6.45, 7) is 1.28. The lowest BCUT2D eigenvalue weighted by atomic mass is 9.98. The highest BCUT2D eigenvalue weighted by atomic mass is 19.4. The number of carbonyl (C=O) groups excluding carboxylic acids is 3. The van der Waals surface area contributed by atoms with Gasteiger partial charge in [-0.25, -0.2) is 4.98 Å². The van der Waals surface area contributed by atoms with Gasteiger partial charge in [-0.1, -0.05) is 36.4 Å². The number of fused-ring (bicyclic) bond motifs is 1. The molecule has 0 aliphatic carbocycles. The van der Waals surface area contributed by atoms with Crippen molar-refractivity contribution in [3.05, 3.63) is 126 Å². The molecule has 47 heavy (non-hydrogen) atoms. The fourth-order valence-corrected chi connectivity index (χ4v) is 5.61. The van der Waals surface area contributed by atoms with Crippen LogP contribution in [0.4, 0.5) is 19.0 Å². The molecule has 3 aromatic carbocycles. The Morgan fingerprint density at radius 3 is 2.26 bits per heavy atom. The lowest BCUT2D eigenvalue weighted by Gasteiger charge is -2.30. The van der Waals surface area contributed by atoms with Crippen LogP contribution in [0.3, 0.4) is 0 Å². The number of anilines is 1. The van der Waals surface area contributed by atoms with Crippen LogP contribution >= 0.6 is 0 Å². The van der Waals surface area contributed by atoms with Gasteiger partial charge in [-0.05, 0) is 91.1 Å². The van der Waals surface area contributed by atoms with E-state index in [1.807, 2.05) is 0 Å². The Morgan fingerprint density at radius 2 is 1.53 bits per heavy atom. The van der Waals surface area contributed by atoms with Gasteiger partial charge in [-0.2, -0.15) is 13.2 Å². The molecule has 1 atom stereocenters. The Hall–Kier alpha value is -5.58. The van der Waals surface area contributed by atoms with Crippen molar-refractivity contribution in [1.29, 1.82) is 0 Å². The zero-order valence-electron chi connectivity index (χ0n) is 25.1. The number of amides is 3. The molecule has 2 N–H and O–H groups in total. The summed E-state index contributed by atoms with van der Waals surface area (Å²) in [5, 5.41) is 6.27. The molecule has 0 bridgehead atoms. The Bertz CT molecular complexity index is 1920. The van der Waals surface area contributed by atoms with Gasteiger partial charge < -0.3 is 15.5 Å². The second-order valence-corrected chi connectivity index (χ2v) is 11.2. The summed E-state index contributed by atoms with van der Waals surface area (Å²) < 4.78 is 39.1. The first-order valence-electron chi connectivity index (χ1n) is 15.2. The molecule has 1 aliphatic rings. The number of nitrogens with zero attached hydrogens (tertiary/aromatic N) is 3. The monoisotopic (exact) mass is 637 g/mol. The van der Waals surface area contributed by atoms with E-state index in [-0.39, 0.29) is 17.3 Å². The first-order valence-corrected chi connectivity index (χ1v) is 15.2. The van der Waals surface area contributed by atoms with Gasteiger partial charge in [0, 0.05) is 35.8 Å². The number of aromatic nitrogens is 2. The highest BCUT2D eigenvalue weighted by molar-refractivity contribution is 6.09. The molecular weight excluding hydrogens is 607 g/mol. The first-order chi connectivity index (χ1) is 22.7. The van der Waals surface area contributed by atoms with Gasteiger partial charge in [-0.15, -0.1) is 0 Å². The molecular formula is C36H30F3N5O3. The number of hydrogen-bond donors (Lipinski definition) is 2. The van der Waals surface area contributed by atoms with Gasteiger partial charge in [0.1, 0.15) is 5.82 Å². The van der Waals surface area contributed by atoms with Crippen molar-refractivity contribution in [2.75, 3.05) is 18.4 Å². The third-order valence-corrected chi connectivity index (χ3v) is 8.06. The number of hydrogen-bond acceptors (Lipinski definition) is 5. The zero-order chi connectivity index (χ0) is 33.0. The van der Waals surface area contributed by atoms with E-state index in [1.165, 1.54) is 12.1 Å². The van der Waals surface area contributed by atoms with Crippen LogP contribution < -0.4 is 10.6 Å². The molecule has 3 heterocycles. The van der Waals surface area contributed by atoms with Crippen molar-refractivity contribution in [2.24, 2.45) is 0 Å². The fraction of sp³-hybridized carbons (Fsp3) is 0.194. The molecule has 0 saturated carbocycles. The number of nitrogens with one attached hydrogen (secondary N) is 2. The number of likely N-dealkylation sites (tertiary alicyclic amines) is 1. The maximum absolute atomic E-state index is 13.4. The summed E-state index contributed by atoms with van der Waals surface area (Å²) in [6, 6.07) is 23.8. The Morgan fingerprint density at radius 1 is 0.787 bits per heavy atom. The molecule has 8 nitrogen and oxygen atoms in total. The van der Waals surface area contributed by atoms with E-state index < -0.39 is 29.6 Å². The summed E-state index contributed by atoms with van der Waals surface area (Å²) in [5.74, 6) is -0.865. The standard InChI is InChI=1S/C36H30F3N5O3/c37-36(38,39)26-15-11-23(12-16-26)27-8-2-3-9-28(27)34(46)42-31-18-14-24-22-25(13-17-29(24)41-31)33(45)43-32(30-10-4-5-19-40-30)35(47)44-20-6-1-7-21-44/h2-5,8-19,22,32H,1,6-7,20-21H2,(H,43,45)(H,41,42,46)/t32-/m0/s1. The number of rotatable bonds is 7. The van der Waals surface area contributed by atoms with E-state index in [0.717, 1.165) is 31.4 Å². The summed E-state index contributed by atoms with van der Waals surface area (Å²) >= 11 is 0. The van der Waals surface area contributed by atoms with Crippen LogP contribution in [0.2, 0.25) is 0 Å².